The fourth-order valence-electron chi connectivity index (χ4n) is 2.70. The largest absolute Gasteiger partial charge is 0.493 e. The molecule has 0 unspecified atom stereocenters. The van der Waals surface area contributed by atoms with Gasteiger partial charge in [-0.1, -0.05) is 43.0 Å². The maximum absolute atomic E-state index is 11.6. The summed E-state index contributed by atoms with van der Waals surface area (Å²) in [7, 11) is 1.58. The predicted octanol–water partition coefficient (Wildman–Crippen LogP) is 4.68. The highest BCUT2D eigenvalue weighted by molar-refractivity contribution is 6.03. The molecule has 0 bridgehead atoms. The molecule has 1 N–H and O–H groups in total. The number of fused-ring (bicyclic) bond motifs is 1. The number of aromatic nitrogens is 1. The lowest BCUT2D eigenvalue weighted by molar-refractivity contribution is 0.0699. The van der Waals surface area contributed by atoms with E-state index in [4.69, 9.17) is 9.47 Å². The van der Waals surface area contributed by atoms with Crippen LogP contribution in [-0.2, 0) is 0 Å². The summed E-state index contributed by atoms with van der Waals surface area (Å²) in [5, 5.41) is 10.1. The van der Waals surface area contributed by atoms with Crippen molar-refractivity contribution in [3.8, 4) is 11.5 Å². The fourth-order valence-corrected chi connectivity index (χ4v) is 2.70. The minimum atomic E-state index is -0.978. The van der Waals surface area contributed by atoms with Crippen LogP contribution in [0.15, 0.2) is 61.2 Å². The van der Waals surface area contributed by atoms with Gasteiger partial charge in [0.2, 0.25) is 0 Å². The summed E-state index contributed by atoms with van der Waals surface area (Å²) in [4.78, 5) is 16.1. The molecule has 0 aliphatic rings. The molecule has 0 spiro atoms. The van der Waals surface area contributed by atoms with E-state index in [1.54, 1.807) is 43.5 Å². The summed E-state index contributed by atoms with van der Waals surface area (Å²) < 4.78 is 10.9. The monoisotopic (exact) mass is 361 g/mol. The number of carboxylic acid groups (broad SMARTS) is 1. The first-order valence-corrected chi connectivity index (χ1v) is 8.35. The SMILES string of the molecule is C=CCOc1ccc(C=Cc2cc(C(=O)O)c3ccccc3n2)cc1OC. The third kappa shape index (κ3) is 4.15. The number of carboxylic acids is 1. The Labute approximate surface area is 157 Å². The normalized spacial score (nSPS) is 10.9. The standard InChI is InChI=1S/C22H19NO4/c1-3-12-27-20-11-9-15(13-21(20)26-2)8-10-16-14-18(22(24)25)17-6-4-5-7-19(17)23-16/h3-11,13-14H,1,12H2,2H3,(H,24,25). The van der Waals surface area contributed by atoms with Gasteiger partial charge >= 0.3 is 5.97 Å². The third-order valence-corrected chi connectivity index (χ3v) is 3.96. The van der Waals surface area contributed by atoms with Gasteiger partial charge in [-0.25, -0.2) is 9.78 Å². The first kappa shape index (κ1) is 18.2. The number of hydrogen-bond donors (Lipinski definition) is 1. The topological polar surface area (TPSA) is 68.7 Å². The van der Waals surface area contributed by atoms with E-state index in [0.29, 0.717) is 34.7 Å². The lowest BCUT2D eigenvalue weighted by Crippen LogP contribution is -2.00. The first-order chi connectivity index (χ1) is 13.1. The van der Waals surface area contributed by atoms with Crippen molar-refractivity contribution >= 4 is 29.0 Å². The van der Waals surface area contributed by atoms with Crippen LogP contribution in [0.5, 0.6) is 11.5 Å². The zero-order valence-corrected chi connectivity index (χ0v) is 14.9. The number of pyridine rings is 1. The van der Waals surface area contributed by atoms with Crippen LogP contribution >= 0.6 is 0 Å². The van der Waals surface area contributed by atoms with Gasteiger partial charge in [-0.15, -0.1) is 0 Å². The van der Waals surface area contributed by atoms with Crippen molar-refractivity contribution in [2.24, 2.45) is 0 Å². The Balaban J connectivity index is 1.94. The van der Waals surface area contributed by atoms with Gasteiger partial charge in [-0.05, 0) is 35.9 Å². The highest BCUT2D eigenvalue weighted by atomic mass is 16.5. The van der Waals surface area contributed by atoms with Crippen molar-refractivity contribution < 1.29 is 19.4 Å². The van der Waals surface area contributed by atoms with E-state index < -0.39 is 5.97 Å². The van der Waals surface area contributed by atoms with Crippen molar-refractivity contribution in [1.29, 1.82) is 0 Å². The Morgan fingerprint density at radius 1 is 1.15 bits per heavy atom. The Morgan fingerprint density at radius 3 is 2.70 bits per heavy atom. The van der Waals surface area contributed by atoms with Crippen LogP contribution < -0.4 is 9.47 Å². The molecule has 1 heterocycles. The molecule has 0 aliphatic carbocycles. The summed E-state index contributed by atoms with van der Waals surface area (Å²) in [5.74, 6) is 0.261. The molecule has 0 saturated heterocycles. The maximum atomic E-state index is 11.6. The number of rotatable bonds is 7. The van der Waals surface area contributed by atoms with Gasteiger partial charge in [0.15, 0.2) is 11.5 Å². The molecule has 136 valence electrons. The van der Waals surface area contributed by atoms with Crippen molar-refractivity contribution in [2.75, 3.05) is 13.7 Å². The zero-order valence-electron chi connectivity index (χ0n) is 14.9. The highest BCUT2D eigenvalue weighted by Gasteiger charge is 2.10. The molecule has 0 fully saturated rings. The molecule has 2 aromatic carbocycles. The molecule has 0 aliphatic heterocycles. The molecule has 0 amide bonds. The van der Waals surface area contributed by atoms with Crippen molar-refractivity contribution in [2.45, 2.75) is 0 Å². The number of benzene rings is 2. The maximum Gasteiger partial charge on any atom is 0.336 e. The molecule has 27 heavy (non-hydrogen) atoms. The molecule has 0 saturated carbocycles. The van der Waals surface area contributed by atoms with Crippen molar-refractivity contribution in [3.05, 3.63) is 78.0 Å². The molecule has 1 aromatic heterocycles. The lowest BCUT2D eigenvalue weighted by Gasteiger charge is -2.09. The van der Waals surface area contributed by atoms with E-state index in [1.165, 1.54) is 0 Å². The predicted molar refractivity (Wildman–Crippen MR) is 106 cm³/mol. The van der Waals surface area contributed by atoms with E-state index >= 15 is 0 Å². The Bertz CT molecular complexity index is 1020. The Kier molecular flexibility index (Phi) is 5.52. The van der Waals surface area contributed by atoms with Crippen LogP contribution in [0.1, 0.15) is 21.6 Å². The Morgan fingerprint density at radius 2 is 1.96 bits per heavy atom. The van der Waals surface area contributed by atoms with Gasteiger partial charge in [0.05, 0.1) is 23.9 Å². The smallest absolute Gasteiger partial charge is 0.336 e. The number of para-hydroxylation sites is 1. The number of carbonyl (C=O) groups is 1. The van der Waals surface area contributed by atoms with Crippen LogP contribution in [0.25, 0.3) is 23.1 Å². The minimum Gasteiger partial charge on any atom is -0.493 e. The molecule has 0 radical (unpaired) electrons. The molecular weight excluding hydrogens is 342 g/mol. The fraction of sp³-hybridized carbons (Fsp3) is 0.0909. The minimum absolute atomic E-state index is 0.228. The second-order valence-corrected chi connectivity index (χ2v) is 5.76. The van der Waals surface area contributed by atoms with E-state index in [1.807, 2.05) is 30.3 Å². The second-order valence-electron chi connectivity index (χ2n) is 5.76. The van der Waals surface area contributed by atoms with Gasteiger partial charge < -0.3 is 14.6 Å². The molecular formula is C22H19NO4. The van der Waals surface area contributed by atoms with E-state index in [-0.39, 0.29) is 5.56 Å². The van der Waals surface area contributed by atoms with Crippen LogP contribution in [0.4, 0.5) is 0 Å². The first-order valence-electron chi connectivity index (χ1n) is 8.35. The molecule has 5 heteroatoms. The average Bonchev–Trinajstić information content (AvgIpc) is 2.70. The Hall–Kier alpha value is -3.60. The number of methoxy groups -OCH3 is 1. The molecule has 3 rings (SSSR count). The zero-order chi connectivity index (χ0) is 19.2. The van der Waals surface area contributed by atoms with Gasteiger partial charge in [0, 0.05) is 5.39 Å². The van der Waals surface area contributed by atoms with Crippen molar-refractivity contribution in [1.82, 2.24) is 4.98 Å². The number of nitrogens with zero attached hydrogens (tertiary/aromatic N) is 1. The van der Waals surface area contributed by atoms with E-state index in [2.05, 4.69) is 11.6 Å². The van der Waals surface area contributed by atoms with Gasteiger partial charge in [0.1, 0.15) is 6.61 Å². The van der Waals surface area contributed by atoms with Gasteiger partial charge in [0.25, 0.3) is 0 Å². The van der Waals surface area contributed by atoms with Crippen LogP contribution in [0, 0.1) is 0 Å². The lowest BCUT2D eigenvalue weighted by atomic mass is 10.1. The third-order valence-electron chi connectivity index (χ3n) is 3.96. The van der Waals surface area contributed by atoms with Crippen LogP contribution in [-0.4, -0.2) is 29.8 Å². The summed E-state index contributed by atoms with van der Waals surface area (Å²) >= 11 is 0. The molecule has 5 nitrogen and oxygen atoms in total. The highest BCUT2D eigenvalue weighted by Crippen LogP contribution is 2.29. The van der Waals surface area contributed by atoms with E-state index in [0.717, 1.165) is 5.56 Å². The molecule has 3 aromatic rings. The summed E-state index contributed by atoms with van der Waals surface area (Å²) in [5.41, 5.74) is 2.32. The van der Waals surface area contributed by atoms with Gasteiger partial charge in [-0.2, -0.15) is 0 Å². The van der Waals surface area contributed by atoms with Crippen LogP contribution in [0.2, 0.25) is 0 Å². The average molecular weight is 361 g/mol. The number of aromatic carboxylic acids is 1. The second kappa shape index (κ2) is 8.19. The summed E-state index contributed by atoms with van der Waals surface area (Å²) in [6.45, 7) is 4.02. The summed E-state index contributed by atoms with van der Waals surface area (Å²) in [6, 6.07) is 14.3. The molecule has 0 atom stereocenters. The van der Waals surface area contributed by atoms with Crippen LogP contribution in [0.3, 0.4) is 0 Å². The van der Waals surface area contributed by atoms with Gasteiger partial charge in [-0.3, -0.25) is 0 Å². The number of hydrogen-bond acceptors (Lipinski definition) is 4. The van der Waals surface area contributed by atoms with E-state index in [9.17, 15) is 9.90 Å². The quantitative estimate of drug-likeness (QED) is 0.619. The number of ether oxygens (including phenoxy) is 2. The van der Waals surface area contributed by atoms with Crippen molar-refractivity contribution in [3.63, 3.8) is 0 Å². The summed E-state index contributed by atoms with van der Waals surface area (Å²) in [6.07, 6.45) is 5.29.